The molecule has 0 saturated heterocycles. The van der Waals surface area contributed by atoms with Gasteiger partial charge in [0.25, 0.3) is 0 Å². The van der Waals surface area contributed by atoms with Crippen LogP contribution in [0.4, 0.5) is 4.39 Å². The van der Waals surface area contributed by atoms with Gasteiger partial charge in [-0.3, -0.25) is 4.99 Å². The minimum atomic E-state index is -0.283. The molecular weight excluding hydrogens is 271 g/mol. The predicted octanol–water partition coefficient (Wildman–Crippen LogP) is 0.260. The van der Waals surface area contributed by atoms with Crippen molar-refractivity contribution in [2.24, 2.45) is 28.7 Å². The fourth-order valence-electron chi connectivity index (χ4n) is 2.09. The smallest absolute Gasteiger partial charge is 0.170 e. The van der Waals surface area contributed by atoms with Crippen LogP contribution in [0, 0.1) is 5.82 Å². The molecule has 0 bridgehead atoms. The van der Waals surface area contributed by atoms with Gasteiger partial charge in [0.05, 0.1) is 5.69 Å². The van der Waals surface area contributed by atoms with Crippen molar-refractivity contribution in [3.8, 4) is 0 Å². The second kappa shape index (κ2) is 6.17. The second-order valence-electron chi connectivity index (χ2n) is 4.51. The van der Waals surface area contributed by atoms with E-state index in [0.717, 1.165) is 0 Å². The quantitative estimate of drug-likeness (QED) is 0.367. The molecule has 0 amide bonds. The van der Waals surface area contributed by atoms with Crippen molar-refractivity contribution in [1.82, 2.24) is 9.55 Å². The molecular formula is C14H17FN6. The van der Waals surface area contributed by atoms with E-state index in [2.05, 4.69) is 15.1 Å². The number of hydrogen-bond acceptors (Lipinski definition) is 4. The third-order valence-electron chi connectivity index (χ3n) is 3.09. The molecule has 0 aliphatic carbocycles. The third kappa shape index (κ3) is 3.07. The van der Waals surface area contributed by atoms with Crippen molar-refractivity contribution in [3.63, 3.8) is 0 Å². The largest absolute Gasteiger partial charge is 0.380 e. The lowest BCUT2D eigenvalue weighted by Crippen LogP contribution is -2.29. The first-order valence-electron chi connectivity index (χ1n) is 6.33. The standard InChI is InChI=1S/C14H17FN6/c1-18-14-11(7-9-5-3-4-6-10(9)15)19-12(8-21(14)2)13(16)20-17/h3-6,8H,7,17H2,1-2H3,(H2,16,20)/b18-14-. The second-order valence-corrected chi connectivity index (χ2v) is 4.51. The number of aromatic nitrogens is 2. The first kappa shape index (κ1) is 14.7. The lowest BCUT2D eigenvalue weighted by molar-refractivity contribution is 0.611. The fraction of sp³-hybridized carbons (Fsp3) is 0.214. The first-order chi connectivity index (χ1) is 10.1. The molecule has 0 saturated carbocycles. The van der Waals surface area contributed by atoms with E-state index in [4.69, 9.17) is 11.6 Å². The number of hydrogen-bond donors (Lipinski definition) is 2. The average Bonchev–Trinajstić information content (AvgIpc) is 2.48. The summed E-state index contributed by atoms with van der Waals surface area (Å²) in [4.78, 5) is 8.58. The molecule has 110 valence electrons. The SMILES string of the molecule is C/N=c1/c(Cc2ccccc2F)nc(/C(N)=N/N)cn1C. The average molecular weight is 288 g/mol. The van der Waals surface area contributed by atoms with Gasteiger partial charge in [0.2, 0.25) is 0 Å². The van der Waals surface area contributed by atoms with Crippen LogP contribution in [0.5, 0.6) is 0 Å². The summed E-state index contributed by atoms with van der Waals surface area (Å²) >= 11 is 0. The highest BCUT2D eigenvalue weighted by atomic mass is 19.1. The Bertz CT molecular complexity index is 747. The summed E-state index contributed by atoms with van der Waals surface area (Å²) in [6.45, 7) is 0. The highest BCUT2D eigenvalue weighted by molar-refractivity contribution is 5.95. The maximum Gasteiger partial charge on any atom is 0.170 e. The summed E-state index contributed by atoms with van der Waals surface area (Å²) < 4.78 is 15.6. The molecule has 2 rings (SSSR count). The van der Waals surface area contributed by atoms with Crippen LogP contribution in [0.3, 0.4) is 0 Å². The van der Waals surface area contributed by atoms with Crippen LogP contribution in [0.25, 0.3) is 0 Å². The van der Waals surface area contributed by atoms with Crippen LogP contribution < -0.4 is 17.1 Å². The molecule has 0 radical (unpaired) electrons. The van der Waals surface area contributed by atoms with E-state index in [-0.39, 0.29) is 11.7 Å². The number of hydrazone groups is 1. The van der Waals surface area contributed by atoms with E-state index >= 15 is 0 Å². The number of nitrogens with two attached hydrogens (primary N) is 2. The van der Waals surface area contributed by atoms with Crippen molar-refractivity contribution in [2.45, 2.75) is 6.42 Å². The Kier molecular flexibility index (Phi) is 4.32. The molecule has 2 aromatic rings. The number of aryl methyl sites for hydroxylation is 1. The topological polar surface area (TPSA) is 94.6 Å². The summed E-state index contributed by atoms with van der Waals surface area (Å²) in [6, 6.07) is 6.55. The fourth-order valence-corrected chi connectivity index (χ4v) is 2.09. The van der Waals surface area contributed by atoms with E-state index < -0.39 is 0 Å². The Hall–Kier alpha value is -2.70. The molecule has 0 spiro atoms. The summed E-state index contributed by atoms with van der Waals surface area (Å²) in [6.07, 6.45) is 1.98. The molecule has 7 heteroatoms. The van der Waals surface area contributed by atoms with Crippen molar-refractivity contribution in [2.75, 3.05) is 7.05 Å². The van der Waals surface area contributed by atoms with Gasteiger partial charge in [0.15, 0.2) is 5.84 Å². The zero-order valence-electron chi connectivity index (χ0n) is 11.9. The van der Waals surface area contributed by atoms with E-state index in [1.807, 2.05) is 7.05 Å². The molecule has 0 aliphatic rings. The molecule has 6 nitrogen and oxygen atoms in total. The number of nitrogens with zero attached hydrogens (tertiary/aromatic N) is 4. The van der Waals surface area contributed by atoms with Gasteiger partial charge in [-0.1, -0.05) is 18.2 Å². The van der Waals surface area contributed by atoms with Crippen molar-refractivity contribution in [3.05, 3.63) is 58.7 Å². The molecule has 0 unspecified atom stereocenters. The highest BCUT2D eigenvalue weighted by Crippen LogP contribution is 2.10. The molecule has 0 fully saturated rings. The normalized spacial score (nSPS) is 12.7. The van der Waals surface area contributed by atoms with Crippen molar-refractivity contribution in [1.29, 1.82) is 0 Å². The Balaban J connectivity index is 2.57. The van der Waals surface area contributed by atoms with Gasteiger partial charge < -0.3 is 16.1 Å². The van der Waals surface area contributed by atoms with Crippen LogP contribution >= 0.6 is 0 Å². The molecule has 0 aliphatic heterocycles. The maximum absolute atomic E-state index is 13.8. The Morgan fingerprint density at radius 1 is 1.38 bits per heavy atom. The van der Waals surface area contributed by atoms with Crippen LogP contribution in [0.15, 0.2) is 40.6 Å². The third-order valence-corrected chi connectivity index (χ3v) is 3.09. The van der Waals surface area contributed by atoms with Gasteiger partial charge in [0.1, 0.15) is 17.0 Å². The molecule has 1 aromatic carbocycles. The highest BCUT2D eigenvalue weighted by Gasteiger charge is 2.10. The molecule has 21 heavy (non-hydrogen) atoms. The van der Waals surface area contributed by atoms with Gasteiger partial charge in [0, 0.05) is 26.7 Å². The van der Waals surface area contributed by atoms with E-state index in [1.165, 1.54) is 6.07 Å². The molecule has 0 atom stereocenters. The lowest BCUT2D eigenvalue weighted by atomic mass is 10.1. The number of rotatable bonds is 3. The van der Waals surface area contributed by atoms with Gasteiger partial charge in [-0.05, 0) is 11.6 Å². The Labute approximate surface area is 121 Å². The zero-order chi connectivity index (χ0) is 15.4. The van der Waals surface area contributed by atoms with E-state index in [9.17, 15) is 4.39 Å². The number of benzene rings is 1. The molecule has 4 N–H and O–H groups in total. The predicted molar refractivity (Wildman–Crippen MR) is 78.8 cm³/mol. The van der Waals surface area contributed by atoms with Crippen LogP contribution in [-0.4, -0.2) is 22.4 Å². The van der Waals surface area contributed by atoms with Gasteiger partial charge in [-0.25, -0.2) is 9.37 Å². The van der Waals surface area contributed by atoms with Gasteiger partial charge in [-0.2, -0.15) is 5.10 Å². The Morgan fingerprint density at radius 2 is 2.10 bits per heavy atom. The Morgan fingerprint density at radius 3 is 2.71 bits per heavy atom. The van der Waals surface area contributed by atoms with Crippen LogP contribution in [-0.2, 0) is 13.5 Å². The maximum atomic E-state index is 13.8. The molecule has 1 heterocycles. The summed E-state index contributed by atoms with van der Waals surface area (Å²) in [5.41, 5.74) is 7.91. The summed E-state index contributed by atoms with van der Waals surface area (Å²) in [5, 5.41) is 3.43. The van der Waals surface area contributed by atoms with Gasteiger partial charge in [-0.15, -0.1) is 0 Å². The van der Waals surface area contributed by atoms with Crippen LogP contribution in [0.2, 0.25) is 0 Å². The van der Waals surface area contributed by atoms with Gasteiger partial charge >= 0.3 is 0 Å². The minimum Gasteiger partial charge on any atom is -0.380 e. The molecule has 1 aromatic heterocycles. The number of amidine groups is 1. The van der Waals surface area contributed by atoms with Crippen LogP contribution in [0.1, 0.15) is 17.0 Å². The van der Waals surface area contributed by atoms with Crippen molar-refractivity contribution < 1.29 is 4.39 Å². The lowest BCUT2D eigenvalue weighted by Gasteiger charge is -2.10. The number of halogens is 1. The minimum absolute atomic E-state index is 0.114. The summed E-state index contributed by atoms with van der Waals surface area (Å²) in [7, 11) is 3.46. The monoisotopic (exact) mass is 288 g/mol. The van der Waals surface area contributed by atoms with Crippen molar-refractivity contribution >= 4 is 5.84 Å². The zero-order valence-corrected chi connectivity index (χ0v) is 11.9. The first-order valence-corrected chi connectivity index (χ1v) is 6.33. The van der Waals surface area contributed by atoms with E-state index in [0.29, 0.717) is 28.9 Å². The summed E-state index contributed by atoms with van der Waals surface area (Å²) in [5.74, 6) is 5.01. The van der Waals surface area contributed by atoms with E-state index in [1.54, 1.807) is 36.0 Å².